The van der Waals surface area contributed by atoms with E-state index < -0.39 is 0 Å². The number of rotatable bonds is 8. The maximum atomic E-state index is 13.2. The molecule has 0 radical (unpaired) electrons. The minimum Gasteiger partial charge on any atom is -0.497 e. The normalized spacial score (nSPS) is 11.4. The number of Topliss-reactive ketones (excluding diaryl/α,β-unsaturated/α-hetero) is 1. The van der Waals surface area contributed by atoms with Crippen LogP contribution in [0.2, 0.25) is 0 Å². The van der Waals surface area contributed by atoms with E-state index in [1.54, 1.807) is 32.4 Å². The van der Waals surface area contributed by atoms with Gasteiger partial charge in [0.2, 0.25) is 0 Å². The summed E-state index contributed by atoms with van der Waals surface area (Å²) >= 11 is 0. The zero-order chi connectivity index (χ0) is 20.0. The highest BCUT2D eigenvalue weighted by Crippen LogP contribution is 2.30. The van der Waals surface area contributed by atoms with Crippen LogP contribution in [0.25, 0.3) is 6.08 Å². The van der Waals surface area contributed by atoms with E-state index in [1.165, 1.54) is 0 Å². The molecule has 0 atom stereocenters. The van der Waals surface area contributed by atoms with E-state index in [-0.39, 0.29) is 11.7 Å². The average molecular weight is 369 g/mol. The predicted molar refractivity (Wildman–Crippen MR) is 109 cm³/mol. The van der Waals surface area contributed by atoms with Crippen molar-refractivity contribution < 1.29 is 19.0 Å². The molecule has 0 saturated carbocycles. The van der Waals surface area contributed by atoms with Crippen molar-refractivity contribution >= 4 is 17.5 Å². The molecular formula is C22H27NO4. The maximum Gasteiger partial charge on any atom is 0.189 e. The third-order valence-corrected chi connectivity index (χ3v) is 4.21. The number of anilines is 1. The summed E-state index contributed by atoms with van der Waals surface area (Å²) in [5.74, 6) is 1.83. The number of benzene rings is 2. The molecular weight excluding hydrogens is 342 g/mol. The molecule has 2 aromatic rings. The van der Waals surface area contributed by atoms with Gasteiger partial charge in [-0.3, -0.25) is 4.79 Å². The van der Waals surface area contributed by atoms with E-state index in [2.05, 4.69) is 0 Å². The van der Waals surface area contributed by atoms with Crippen molar-refractivity contribution in [3.8, 4) is 17.2 Å². The van der Waals surface area contributed by atoms with Gasteiger partial charge in [0.15, 0.2) is 5.78 Å². The van der Waals surface area contributed by atoms with Crippen molar-refractivity contribution in [1.29, 1.82) is 0 Å². The fourth-order valence-electron chi connectivity index (χ4n) is 2.74. The van der Waals surface area contributed by atoms with Gasteiger partial charge in [-0.2, -0.15) is 0 Å². The van der Waals surface area contributed by atoms with Crippen LogP contribution >= 0.6 is 0 Å². The Bertz CT molecular complexity index is 840. The van der Waals surface area contributed by atoms with Gasteiger partial charge in [0.1, 0.15) is 17.2 Å². The fraction of sp³-hybridized carbons (Fsp3) is 0.318. The fourth-order valence-corrected chi connectivity index (χ4v) is 2.74. The van der Waals surface area contributed by atoms with E-state index in [4.69, 9.17) is 19.9 Å². The number of carbonyl (C=O) groups is 1. The van der Waals surface area contributed by atoms with Crippen LogP contribution < -0.4 is 19.9 Å². The summed E-state index contributed by atoms with van der Waals surface area (Å²) in [5, 5.41) is 0. The van der Waals surface area contributed by atoms with Gasteiger partial charge in [-0.15, -0.1) is 0 Å². The number of nitrogen functional groups attached to an aromatic ring is 1. The van der Waals surface area contributed by atoms with E-state index in [0.29, 0.717) is 40.7 Å². The topological polar surface area (TPSA) is 70.8 Å². The molecule has 0 aromatic heterocycles. The number of hydrogen-bond acceptors (Lipinski definition) is 5. The maximum absolute atomic E-state index is 13.2. The molecule has 144 valence electrons. The quantitative estimate of drug-likeness (QED) is 0.418. The van der Waals surface area contributed by atoms with E-state index in [1.807, 2.05) is 45.0 Å². The van der Waals surface area contributed by atoms with Gasteiger partial charge in [0.25, 0.3) is 0 Å². The van der Waals surface area contributed by atoms with Crippen molar-refractivity contribution in [3.63, 3.8) is 0 Å². The van der Waals surface area contributed by atoms with Gasteiger partial charge >= 0.3 is 0 Å². The largest absolute Gasteiger partial charge is 0.497 e. The van der Waals surface area contributed by atoms with Crippen molar-refractivity contribution in [2.75, 3.05) is 26.6 Å². The molecule has 27 heavy (non-hydrogen) atoms. The first kappa shape index (κ1) is 20.4. The molecule has 0 bridgehead atoms. The highest BCUT2D eigenvalue weighted by atomic mass is 16.5. The molecule has 0 spiro atoms. The number of carbonyl (C=O) groups excluding carboxylic acids is 1. The Morgan fingerprint density at radius 3 is 2.41 bits per heavy atom. The molecule has 5 nitrogen and oxygen atoms in total. The van der Waals surface area contributed by atoms with Gasteiger partial charge in [-0.25, -0.2) is 0 Å². The molecule has 0 aliphatic carbocycles. The molecule has 0 fully saturated rings. The van der Waals surface area contributed by atoms with Crippen LogP contribution in [0.3, 0.4) is 0 Å². The number of ketones is 1. The average Bonchev–Trinajstić information content (AvgIpc) is 2.67. The Labute approximate surface area is 160 Å². The second kappa shape index (κ2) is 9.12. The molecule has 5 heteroatoms. The number of allylic oxidation sites excluding steroid dienone is 1. The molecule has 2 aromatic carbocycles. The molecule has 2 N–H and O–H groups in total. The van der Waals surface area contributed by atoms with Crippen molar-refractivity contribution in [2.45, 2.75) is 20.8 Å². The van der Waals surface area contributed by atoms with Gasteiger partial charge in [0.05, 0.1) is 26.5 Å². The number of ether oxygens (including phenoxy) is 3. The van der Waals surface area contributed by atoms with Crippen LogP contribution in [0.5, 0.6) is 17.2 Å². The Hall–Kier alpha value is -2.95. The van der Waals surface area contributed by atoms with Gasteiger partial charge < -0.3 is 19.9 Å². The van der Waals surface area contributed by atoms with Gasteiger partial charge in [-0.05, 0) is 55.3 Å². The van der Waals surface area contributed by atoms with E-state index in [0.717, 1.165) is 5.56 Å². The predicted octanol–water partition coefficient (Wildman–Crippen LogP) is 4.61. The molecule has 0 unspecified atom stereocenters. The Kier molecular flexibility index (Phi) is 6.88. The zero-order valence-corrected chi connectivity index (χ0v) is 16.5. The molecule has 0 heterocycles. The number of hydrogen-bond donors (Lipinski definition) is 1. The van der Waals surface area contributed by atoms with E-state index in [9.17, 15) is 4.79 Å². The minimum atomic E-state index is -0.0733. The Morgan fingerprint density at radius 1 is 1.07 bits per heavy atom. The van der Waals surface area contributed by atoms with Crippen LogP contribution in [-0.4, -0.2) is 26.6 Å². The Morgan fingerprint density at radius 2 is 1.81 bits per heavy atom. The first-order valence-electron chi connectivity index (χ1n) is 8.91. The molecule has 0 saturated heterocycles. The lowest BCUT2D eigenvalue weighted by Crippen LogP contribution is -2.10. The van der Waals surface area contributed by atoms with Crippen LogP contribution in [0, 0.1) is 5.92 Å². The summed E-state index contributed by atoms with van der Waals surface area (Å²) in [6.45, 7) is 6.33. The standard InChI is InChI=1S/C22H27NO4/c1-6-27-21-13-15(7-9-19(21)23)22(24)18(14(2)3)12-16-11-17(25-4)8-10-20(16)26-5/h7-14H,6,23H2,1-5H3. The van der Waals surface area contributed by atoms with Crippen LogP contribution in [0.1, 0.15) is 36.7 Å². The molecule has 2 rings (SSSR count). The molecule has 0 aliphatic heterocycles. The van der Waals surface area contributed by atoms with Crippen molar-refractivity contribution in [3.05, 3.63) is 53.1 Å². The number of methoxy groups -OCH3 is 2. The van der Waals surface area contributed by atoms with Gasteiger partial charge in [-0.1, -0.05) is 13.8 Å². The first-order valence-corrected chi connectivity index (χ1v) is 8.91. The lowest BCUT2D eigenvalue weighted by Gasteiger charge is -2.14. The van der Waals surface area contributed by atoms with Crippen LogP contribution in [0.4, 0.5) is 5.69 Å². The Balaban J connectivity index is 2.50. The third-order valence-electron chi connectivity index (χ3n) is 4.21. The lowest BCUT2D eigenvalue weighted by molar-refractivity contribution is 0.102. The second-order valence-corrected chi connectivity index (χ2v) is 6.38. The van der Waals surface area contributed by atoms with E-state index >= 15 is 0 Å². The summed E-state index contributed by atoms with van der Waals surface area (Å²) in [7, 11) is 3.21. The zero-order valence-electron chi connectivity index (χ0n) is 16.5. The highest BCUT2D eigenvalue weighted by Gasteiger charge is 2.18. The summed E-state index contributed by atoms with van der Waals surface area (Å²) in [4.78, 5) is 13.2. The highest BCUT2D eigenvalue weighted by molar-refractivity contribution is 6.12. The second-order valence-electron chi connectivity index (χ2n) is 6.38. The first-order chi connectivity index (χ1) is 12.9. The summed E-state index contributed by atoms with van der Waals surface area (Å²) in [6, 6.07) is 10.6. The molecule has 0 aliphatic rings. The smallest absolute Gasteiger partial charge is 0.189 e. The minimum absolute atomic E-state index is 0.0153. The third kappa shape index (κ3) is 4.82. The van der Waals surface area contributed by atoms with Gasteiger partial charge in [0, 0.05) is 16.7 Å². The van der Waals surface area contributed by atoms with Crippen LogP contribution in [0.15, 0.2) is 42.0 Å². The monoisotopic (exact) mass is 369 g/mol. The SMILES string of the molecule is CCOc1cc(C(=O)C(=Cc2cc(OC)ccc2OC)C(C)C)ccc1N. The summed E-state index contributed by atoms with van der Waals surface area (Å²) < 4.78 is 16.2. The summed E-state index contributed by atoms with van der Waals surface area (Å²) in [6.07, 6.45) is 1.85. The van der Waals surface area contributed by atoms with Crippen molar-refractivity contribution in [2.24, 2.45) is 5.92 Å². The molecule has 0 amide bonds. The summed E-state index contributed by atoms with van der Waals surface area (Å²) in [5.41, 5.74) is 8.42. The lowest BCUT2D eigenvalue weighted by atomic mass is 9.92. The van der Waals surface area contributed by atoms with Crippen LogP contribution in [-0.2, 0) is 0 Å². The van der Waals surface area contributed by atoms with Crippen molar-refractivity contribution in [1.82, 2.24) is 0 Å². The number of nitrogens with two attached hydrogens (primary N) is 1.